The Hall–Kier alpha value is -2.24. The predicted octanol–water partition coefficient (Wildman–Crippen LogP) is 1.79. The monoisotopic (exact) mass is 293 g/mol. The second-order valence-corrected chi connectivity index (χ2v) is 4.34. The number of aromatic nitrogens is 1. The summed E-state index contributed by atoms with van der Waals surface area (Å²) >= 11 is 0. The van der Waals surface area contributed by atoms with Crippen molar-refractivity contribution in [3.05, 3.63) is 30.1 Å². The SMILES string of the molecule is CCCOC(=O)CC(C(=O)OCC)C(=O)c1cccnc1. The highest BCUT2D eigenvalue weighted by Crippen LogP contribution is 2.15. The number of hydrogen-bond donors (Lipinski definition) is 0. The molecule has 1 rings (SSSR count). The first-order valence-corrected chi connectivity index (χ1v) is 6.86. The van der Waals surface area contributed by atoms with Gasteiger partial charge in [0.2, 0.25) is 0 Å². The fraction of sp³-hybridized carbons (Fsp3) is 0.467. The summed E-state index contributed by atoms with van der Waals surface area (Å²) in [7, 11) is 0. The molecule has 114 valence electrons. The number of carbonyl (C=O) groups is 3. The van der Waals surface area contributed by atoms with Gasteiger partial charge in [-0.25, -0.2) is 0 Å². The van der Waals surface area contributed by atoms with Crippen LogP contribution in [0.2, 0.25) is 0 Å². The molecule has 0 spiro atoms. The molecule has 0 bridgehead atoms. The highest BCUT2D eigenvalue weighted by Gasteiger charge is 2.32. The largest absolute Gasteiger partial charge is 0.466 e. The van der Waals surface area contributed by atoms with Gasteiger partial charge in [0.05, 0.1) is 19.6 Å². The number of carbonyl (C=O) groups excluding carboxylic acids is 3. The molecule has 0 N–H and O–H groups in total. The third-order valence-corrected chi connectivity index (χ3v) is 2.67. The van der Waals surface area contributed by atoms with Crippen molar-refractivity contribution in [1.29, 1.82) is 0 Å². The quantitative estimate of drug-likeness (QED) is 0.413. The number of Topliss-reactive ketones (excluding diaryl/α,β-unsaturated/α-hetero) is 1. The summed E-state index contributed by atoms with van der Waals surface area (Å²) in [5.41, 5.74) is 0.263. The summed E-state index contributed by atoms with van der Waals surface area (Å²) in [4.78, 5) is 39.7. The zero-order chi connectivity index (χ0) is 15.7. The standard InChI is InChI=1S/C15H19NO5/c1-3-8-21-13(17)9-12(15(19)20-4-2)14(18)11-6-5-7-16-10-11/h5-7,10,12H,3-4,8-9H2,1-2H3. The molecular weight excluding hydrogens is 274 g/mol. The van der Waals surface area contributed by atoms with Gasteiger partial charge in [0.1, 0.15) is 5.92 Å². The molecular formula is C15H19NO5. The van der Waals surface area contributed by atoms with Crippen LogP contribution < -0.4 is 0 Å². The predicted molar refractivity (Wildman–Crippen MR) is 74.6 cm³/mol. The molecule has 0 radical (unpaired) electrons. The number of pyridine rings is 1. The molecule has 0 aliphatic rings. The van der Waals surface area contributed by atoms with Crippen LogP contribution in [0.25, 0.3) is 0 Å². The van der Waals surface area contributed by atoms with Crippen LogP contribution in [0.5, 0.6) is 0 Å². The molecule has 0 aromatic carbocycles. The number of ketones is 1. The summed E-state index contributed by atoms with van der Waals surface area (Å²) in [5.74, 6) is -3.00. The molecule has 0 aliphatic carbocycles. The van der Waals surface area contributed by atoms with Crippen molar-refractivity contribution in [3.63, 3.8) is 0 Å². The Morgan fingerprint density at radius 3 is 2.57 bits per heavy atom. The number of nitrogens with zero attached hydrogens (tertiary/aromatic N) is 1. The van der Waals surface area contributed by atoms with E-state index in [1.807, 2.05) is 6.92 Å². The molecule has 1 atom stereocenters. The minimum Gasteiger partial charge on any atom is -0.466 e. The van der Waals surface area contributed by atoms with Crippen LogP contribution in [0.1, 0.15) is 37.0 Å². The minimum absolute atomic E-state index is 0.139. The summed E-state index contributed by atoms with van der Waals surface area (Å²) in [6.45, 7) is 3.89. The lowest BCUT2D eigenvalue weighted by atomic mass is 9.95. The van der Waals surface area contributed by atoms with Gasteiger partial charge in [-0.2, -0.15) is 0 Å². The molecule has 21 heavy (non-hydrogen) atoms. The van der Waals surface area contributed by atoms with Crippen LogP contribution in [0.15, 0.2) is 24.5 Å². The fourth-order valence-corrected chi connectivity index (χ4v) is 1.68. The van der Waals surface area contributed by atoms with Gasteiger partial charge in [-0.15, -0.1) is 0 Å². The molecule has 0 saturated carbocycles. The molecule has 6 heteroatoms. The Balaban J connectivity index is 2.84. The first kappa shape index (κ1) is 16.8. The smallest absolute Gasteiger partial charge is 0.317 e. The lowest BCUT2D eigenvalue weighted by Gasteiger charge is -2.14. The van der Waals surface area contributed by atoms with E-state index < -0.39 is 23.6 Å². The number of rotatable bonds is 8. The van der Waals surface area contributed by atoms with E-state index in [2.05, 4.69) is 4.98 Å². The summed E-state index contributed by atoms with van der Waals surface area (Å²) in [5, 5.41) is 0. The topological polar surface area (TPSA) is 82.6 Å². The van der Waals surface area contributed by atoms with E-state index >= 15 is 0 Å². The molecule has 1 unspecified atom stereocenters. The lowest BCUT2D eigenvalue weighted by Crippen LogP contribution is -2.29. The number of ether oxygens (including phenoxy) is 2. The maximum atomic E-state index is 12.3. The Kier molecular flexibility index (Phi) is 7.08. The Morgan fingerprint density at radius 1 is 1.24 bits per heavy atom. The minimum atomic E-state index is -1.20. The van der Waals surface area contributed by atoms with Crippen molar-refractivity contribution in [1.82, 2.24) is 4.98 Å². The first-order chi connectivity index (χ1) is 10.1. The van der Waals surface area contributed by atoms with E-state index in [9.17, 15) is 14.4 Å². The number of esters is 2. The van der Waals surface area contributed by atoms with Crippen molar-refractivity contribution in [3.8, 4) is 0 Å². The van der Waals surface area contributed by atoms with Crippen molar-refractivity contribution in [2.75, 3.05) is 13.2 Å². The molecule has 0 aliphatic heterocycles. The van der Waals surface area contributed by atoms with Crippen LogP contribution in [0.4, 0.5) is 0 Å². The van der Waals surface area contributed by atoms with Gasteiger partial charge in [0.15, 0.2) is 5.78 Å². The van der Waals surface area contributed by atoms with Crippen LogP contribution in [0.3, 0.4) is 0 Å². The zero-order valence-electron chi connectivity index (χ0n) is 12.2. The van der Waals surface area contributed by atoms with Gasteiger partial charge in [0, 0.05) is 18.0 Å². The second kappa shape index (κ2) is 8.84. The normalized spacial score (nSPS) is 11.5. The molecule has 6 nitrogen and oxygen atoms in total. The van der Waals surface area contributed by atoms with Crippen LogP contribution in [0, 0.1) is 5.92 Å². The Morgan fingerprint density at radius 2 is 2.00 bits per heavy atom. The van der Waals surface area contributed by atoms with Crippen LogP contribution >= 0.6 is 0 Å². The molecule has 0 saturated heterocycles. The Bertz CT molecular complexity index is 486. The van der Waals surface area contributed by atoms with Crippen molar-refractivity contribution >= 4 is 17.7 Å². The van der Waals surface area contributed by atoms with E-state index in [1.54, 1.807) is 19.1 Å². The van der Waals surface area contributed by atoms with E-state index in [4.69, 9.17) is 9.47 Å². The van der Waals surface area contributed by atoms with E-state index in [0.717, 1.165) is 0 Å². The van der Waals surface area contributed by atoms with Crippen LogP contribution in [-0.4, -0.2) is 35.9 Å². The molecule has 1 aromatic heterocycles. The second-order valence-electron chi connectivity index (χ2n) is 4.34. The maximum Gasteiger partial charge on any atom is 0.317 e. The van der Waals surface area contributed by atoms with Gasteiger partial charge >= 0.3 is 11.9 Å². The van der Waals surface area contributed by atoms with E-state index in [-0.39, 0.29) is 25.2 Å². The van der Waals surface area contributed by atoms with Gasteiger partial charge in [-0.05, 0) is 25.5 Å². The summed E-state index contributed by atoms with van der Waals surface area (Å²) < 4.78 is 9.79. The summed E-state index contributed by atoms with van der Waals surface area (Å²) in [6.07, 6.45) is 3.22. The highest BCUT2D eigenvalue weighted by molar-refractivity contribution is 6.10. The average molecular weight is 293 g/mol. The lowest BCUT2D eigenvalue weighted by molar-refractivity contribution is -0.153. The van der Waals surface area contributed by atoms with Gasteiger partial charge in [-0.1, -0.05) is 6.92 Å². The van der Waals surface area contributed by atoms with E-state index in [0.29, 0.717) is 6.42 Å². The first-order valence-electron chi connectivity index (χ1n) is 6.86. The third kappa shape index (κ3) is 5.33. The molecule has 1 aromatic rings. The molecule has 0 amide bonds. The van der Waals surface area contributed by atoms with Crippen molar-refractivity contribution in [2.45, 2.75) is 26.7 Å². The number of hydrogen-bond acceptors (Lipinski definition) is 6. The average Bonchev–Trinajstić information content (AvgIpc) is 2.51. The Labute approximate surface area is 123 Å². The van der Waals surface area contributed by atoms with Gasteiger partial charge in [0.25, 0.3) is 0 Å². The van der Waals surface area contributed by atoms with E-state index in [1.165, 1.54) is 12.4 Å². The highest BCUT2D eigenvalue weighted by atomic mass is 16.5. The van der Waals surface area contributed by atoms with Crippen LogP contribution in [-0.2, 0) is 19.1 Å². The van der Waals surface area contributed by atoms with Crippen molar-refractivity contribution in [2.24, 2.45) is 5.92 Å². The maximum absolute atomic E-state index is 12.3. The van der Waals surface area contributed by atoms with Gasteiger partial charge in [-0.3, -0.25) is 19.4 Å². The van der Waals surface area contributed by atoms with Crippen molar-refractivity contribution < 1.29 is 23.9 Å². The third-order valence-electron chi connectivity index (χ3n) is 2.67. The fourth-order valence-electron chi connectivity index (χ4n) is 1.68. The molecule has 1 heterocycles. The molecule has 0 fully saturated rings. The zero-order valence-corrected chi connectivity index (χ0v) is 12.2. The summed E-state index contributed by atoms with van der Waals surface area (Å²) in [6, 6.07) is 3.13. The van der Waals surface area contributed by atoms with Gasteiger partial charge < -0.3 is 9.47 Å².